The molecule has 1 saturated heterocycles. The quantitative estimate of drug-likeness (QED) is 0.264. The lowest BCUT2D eigenvalue weighted by Gasteiger charge is -2.62. The largest absolute Gasteiger partial charge is 0.493 e. The number of carbonyl (C=O) groups excluding carboxylic acids is 2. The molecular formula is C31H31ClN6O3. The fourth-order valence-electron chi connectivity index (χ4n) is 6.60. The number of pyridine rings is 1. The molecular weight excluding hydrogens is 540 g/mol. The van der Waals surface area contributed by atoms with Gasteiger partial charge in [0.15, 0.2) is 5.75 Å². The summed E-state index contributed by atoms with van der Waals surface area (Å²) < 4.78 is 5.56. The molecule has 1 aliphatic carbocycles. The van der Waals surface area contributed by atoms with Crippen molar-refractivity contribution in [3.05, 3.63) is 71.2 Å². The number of ether oxygens (including phenoxy) is 1. The second-order valence-corrected chi connectivity index (χ2v) is 11.6. The number of carbonyl (C=O) groups is 2. The first-order valence-corrected chi connectivity index (χ1v) is 13.9. The summed E-state index contributed by atoms with van der Waals surface area (Å²) in [6.07, 6.45) is 6.91. The molecule has 0 bridgehead atoms. The lowest BCUT2D eigenvalue weighted by atomic mass is 9.54. The molecule has 2 amide bonds. The molecule has 3 aromatic rings. The van der Waals surface area contributed by atoms with E-state index in [1.807, 2.05) is 18.2 Å². The number of hydrogen-bond acceptors (Lipinski definition) is 6. The molecule has 210 valence electrons. The maximum absolute atomic E-state index is 13.1. The van der Waals surface area contributed by atoms with Crippen molar-refractivity contribution >= 4 is 34.8 Å². The van der Waals surface area contributed by atoms with Gasteiger partial charge in [0.25, 0.3) is 5.91 Å². The first-order chi connectivity index (χ1) is 19.8. The van der Waals surface area contributed by atoms with Gasteiger partial charge in [-0.15, -0.1) is 0 Å². The standard InChI is InChI=1S/C31H31ClN6O3/c1-4-24(39)37-31(15-30(16-31)17-38(2)18-30)11-8-19-14-33-12-9-20(19)26-27(25-22(35-26)10-13-34-29(25)40)36-23-7-5-6-21(32)28(23)41-3/h4-7,9,12,14,35-36H,1,10,13,15-18H2,2-3H3,(H,34,40)(H,37,39). The van der Waals surface area contributed by atoms with Gasteiger partial charge in [-0.2, -0.15) is 0 Å². The number of anilines is 2. The zero-order chi connectivity index (χ0) is 28.8. The van der Waals surface area contributed by atoms with Crippen LogP contribution in [0, 0.1) is 17.3 Å². The Hall–Kier alpha value is -4.26. The number of nitrogens with one attached hydrogen (secondary N) is 4. The van der Waals surface area contributed by atoms with E-state index in [0.29, 0.717) is 51.9 Å². The number of fused-ring (bicyclic) bond motifs is 1. The van der Waals surface area contributed by atoms with Crippen LogP contribution in [0.4, 0.5) is 11.4 Å². The zero-order valence-electron chi connectivity index (χ0n) is 23.0. The molecule has 2 aliphatic heterocycles. The number of H-pyrrole nitrogens is 1. The Morgan fingerprint density at radius 2 is 2.10 bits per heavy atom. The van der Waals surface area contributed by atoms with E-state index < -0.39 is 5.54 Å². The minimum Gasteiger partial charge on any atom is -0.493 e. The van der Waals surface area contributed by atoms with Gasteiger partial charge in [0.2, 0.25) is 5.91 Å². The Labute approximate surface area is 243 Å². The maximum atomic E-state index is 13.1. The monoisotopic (exact) mass is 570 g/mol. The van der Waals surface area contributed by atoms with E-state index in [0.717, 1.165) is 37.2 Å². The van der Waals surface area contributed by atoms with Crippen LogP contribution >= 0.6 is 11.6 Å². The maximum Gasteiger partial charge on any atom is 0.255 e. The van der Waals surface area contributed by atoms with Crippen LogP contribution < -0.4 is 20.7 Å². The SMILES string of the molecule is C=CC(=O)NC1(C#Cc2cnccc2-c2[nH]c3c(c2Nc2cccc(Cl)c2OC)C(=O)NCC3)CC2(CN(C)C2)C1. The van der Waals surface area contributed by atoms with Gasteiger partial charge in [0.1, 0.15) is 5.54 Å². The fraction of sp³-hybridized carbons (Fsp3) is 0.323. The third kappa shape index (κ3) is 4.83. The highest BCUT2D eigenvalue weighted by Crippen LogP contribution is 2.53. The van der Waals surface area contributed by atoms with Gasteiger partial charge < -0.3 is 30.6 Å². The minimum atomic E-state index is -0.635. The Bertz CT molecular complexity index is 1620. The van der Waals surface area contributed by atoms with E-state index >= 15 is 0 Å². The third-order valence-corrected chi connectivity index (χ3v) is 8.33. The number of para-hydroxylation sites is 1. The molecule has 1 aromatic carbocycles. The third-order valence-electron chi connectivity index (χ3n) is 8.04. The molecule has 10 heteroatoms. The Morgan fingerprint density at radius 1 is 1.29 bits per heavy atom. The molecule has 6 rings (SSSR count). The highest BCUT2D eigenvalue weighted by Gasteiger charge is 2.59. The van der Waals surface area contributed by atoms with Crippen LogP contribution in [0.15, 0.2) is 49.3 Å². The number of hydrogen-bond donors (Lipinski definition) is 4. The number of aromatic amines is 1. The van der Waals surface area contributed by atoms with Crippen molar-refractivity contribution in [2.75, 3.05) is 39.1 Å². The van der Waals surface area contributed by atoms with E-state index in [1.165, 1.54) is 6.08 Å². The molecule has 0 atom stereocenters. The average Bonchev–Trinajstić information content (AvgIpc) is 3.29. The summed E-state index contributed by atoms with van der Waals surface area (Å²) in [5, 5.41) is 9.89. The Kier molecular flexibility index (Phi) is 6.76. The molecule has 4 heterocycles. The first-order valence-electron chi connectivity index (χ1n) is 13.5. The van der Waals surface area contributed by atoms with Crippen LogP contribution in [0.1, 0.15) is 34.5 Å². The van der Waals surface area contributed by atoms with E-state index in [-0.39, 0.29) is 17.2 Å². The number of methoxy groups -OCH3 is 1. The van der Waals surface area contributed by atoms with Crippen molar-refractivity contribution in [3.63, 3.8) is 0 Å². The van der Waals surface area contributed by atoms with Crippen molar-refractivity contribution in [2.24, 2.45) is 5.41 Å². The van der Waals surface area contributed by atoms with Crippen molar-refractivity contribution in [2.45, 2.75) is 24.8 Å². The number of rotatable bonds is 6. The summed E-state index contributed by atoms with van der Waals surface area (Å²) in [6, 6.07) is 7.28. The van der Waals surface area contributed by atoms with Crippen LogP contribution in [0.3, 0.4) is 0 Å². The van der Waals surface area contributed by atoms with Crippen LogP contribution in [0.25, 0.3) is 11.3 Å². The molecule has 9 nitrogen and oxygen atoms in total. The normalized spacial score (nSPS) is 18.1. The zero-order valence-corrected chi connectivity index (χ0v) is 23.7. The van der Waals surface area contributed by atoms with Crippen LogP contribution in [-0.2, 0) is 11.2 Å². The fourth-order valence-corrected chi connectivity index (χ4v) is 6.85. The molecule has 0 radical (unpaired) electrons. The van der Waals surface area contributed by atoms with Gasteiger partial charge in [-0.25, -0.2) is 0 Å². The minimum absolute atomic E-state index is 0.171. The van der Waals surface area contributed by atoms with Gasteiger partial charge in [0, 0.05) is 55.1 Å². The van der Waals surface area contributed by atoms with Crippen molar-refractivity contribution in [1.82, 2.24) is 25.5 Å². The van der Waals surface area contributed by atoms with Gasteiger partial charge in [-0.3, -0.25) is 14.6 Å². The molecule has 1 saturated carbocycles. The molecule has 41 heavy (non-hydrogen) atoms. The van der Waals surface area contributed by atoms with Crippen molar-refractivity contribution < 1.29 is 14.3 Å². The summed E-state index contributed by atoms with van der Waals surface area (Å²) in [6.45, 7) is 6.15. The number of aromatic nitrogens is 2. The molecule has 0 unspecified atom stereocenters. The number of likely N-dealkylation sites (tertiary alicyclic amines) is 1. The van der Waals surface area contributed by atoms with Gasteiger partial charge >= 0.3 is 0 Å². The van der Waals surface area contributed by atoms with Gasteiger partial charge in [-0.05, 0) is 44.2 Å². The Morgan fingerprint density at radius 3 is 2.83 bits per heavy atom. The molecule has 2 aromatic heterocycles. The van der Waals surface area contributed by atoms with E-state index in [9.17, 15) is 9.59 Å². The summed E-state index contributed by atoms with van der Waals surface area (Å²) in [7, 11) is 3.65. The predicted octanol–water partition coefficient (Wildman–Crippen LogP) is 3.89. The van der Waals surface area contributed by atoms with E-state index in [2.05, 4.69) is 56.3 Å². The number of halogens is 1. The summed E-state index contributed by atoms with van der Waals surface area (Å²) >= 11 is 6.40. The van der Waals surface area contributed by atoms with Gasteiger partial charge in [-0.1, -0.05) is 36.1 Å². The summed E-state index contributed by atoms with van der Waals surface area (Å²) in [5.41, 5.74) is 4.30. The van der Waals surface area contributed by atoms with Crippen LogP contribution in [-0.4, -0.2) is 66.0 Å². The molecule has 1 spiro atoms. The van der Waals surface area contributed by atoms with E-state index in [1.54, 1.807) is 25.6 Å². The lowest BCUT2D eigenvalue weighted by molar-refractivity contribution is -0.126. The van der Waals surface area contributed by atoms with Crippen molar-refractivity contribution in [1.29, 1.82) is 0 Å². The van der Waals surface area contributed by atoms with Crippen molar-refractivity contribution in [3.8, 4) is 28.8 Å². The average molecular weight is 571 g/mol. The highest BCUT2D eigenvalue weighted by molar-refractivity contribution is 6.32. The molecule has 3 aliphatic rings. The summed E-state index contributed by atoms with van der Waals surface area (Å²) in [5.74, 6) is 6.78. The van der Waals surface area contributed by atoms with Gasteiger partial charge in [0.05, 0.1) is 40.3 Å². The summed E-state index contributed by atoms with van der Waals surface area (Å²) in [4.78, 5) is 35.5. The predicted molar refractivity (Wildman–Crippen MR) is 158 cm³/mol. The number of benzene rings is 1. The van der Waals surface area contributed by atoms with Crippen LogP contribution in [0.5, 0.6) is 5.75 Å². The first kappa shape index (κ1) is 26.9. The molecule has 2 fully saturated rings. The number of amides is 2. The topological polar surface area (TPSA) is 111 Å². The second-order valence-electron chi connectivity index (χ2n) is 11.2. The van der Waals surface area contributed by atoms with Crippen LogP contribution in [0.2, 0.25) is 5.02 Å². The second kappa shape index (κ2) is 10.3. The number of nitrogens with zero attached hydrogens (tertiary/aromatic N) is 2. The van der Waals surface area contributed by atoms with E-state index in [4.69, 9.17) is 16.3 Å². The smallest absolute Gasteiger partial charge is 0.255 e. The highest BCUT2D eigenvalue weighted by atomic mass is 35.5. The lowest BCUT2D eigenvalue weighted by Crippen LogP contribution is -2.71. The Balaban J connectivity index is 1.42. The molecule has 4 N–H and O–H groups in total.